The van der Waals surface area contributed by atoms with Gasteiger partial charge in [0, 0.05) is 19.2 Å². The highest BCUT2D eigenvalue weighted by molar-refractivity contribution is 5.94. The lowest BCUT2D eigenvalue weighted by molar-refractivity contribution is -0.305. The maximum atomic E-state index is 13.5. The van der Waals surface area contributed by atoms with E-state index in [1.165, 1.54) is 20.3 Å². The van der Waals surface area contributed by atoms with Gasteiger partial charge in [-0.3, -0.25) is 4.79 Å². The average Bonchev–Trinajstić information content (AvgIpc) is 2.96. The van der Waals surface area contributed by atoms with E-state index in [1.54, 1.807) is 62.4 Å². The van der Waals surface area contributed by atoms with Crippen molar-refractivity contribution in [1.29, 1.82) is 0 Å². The normalized spacial score (nSPS) is 21.9. The summed E-state index contributed by atoms with van der Waals surface area (Å²) in [6.45, 7) is 3.58. The van der Waals surface area contributed by atoms with Gasteiger partial charge in [-0.25, -0.2) is 0 Å². The molecule has 4 atom stereocenters. The molecule has 1 aliphatic heterocycles. The maximum absolute atomic E-state index is 13.5. The number of ether oxygens (including phenoxy) is 4. The van der Waals surface area contributed by atoms with Crippen LogP contribution in [0.5, 0.6) is 11.5 Å². The predicted octanol–water partition coefficient (Wildman–Crippen LogP) is 4.60. The quantitative estimate of drug-likeness (QED) is 0.335. The van der Waals surface area contributed by atoms with Gasteiger partial charge in [0.15, 0.2) is 0 Å². The summed E-state index contributed by atoms with van der Waals surface area (Å²) < 4.78 is 62.8. The number of hydrogen-bond donors (Lipinski definition) is 3. The van der Waals surface area contributed by atoms with Crippen LogP contribution >= 0.6 is 0 Å². The van der Waals surface area contributed by atoms with E-state index in [0.29, 0.717) is 28.9 Å². The SMILES string of the molecule is COc1ccc(C(=O)NCCc2ccc(O[C@@H]3OC(C)(C)[C@H](OC)[C@@H](O)[C@H]3O)cc2-c2cccc(C(F)(F)F)c2)cc1. The summed E-state index contributed by atoms with van der Waals surface area (Å²) in [7, 11) is 2.92. The molecule has 3 N–H and O–H groups in total. The number of hydrogen-bond acceptors (Lipinski definition) is 7. The van der Waals surface area contributed by atoms with Crippen LogP contribution < -0.4 is 14.8 Å². The number of rotatable bonds is 9. The first-order valence-electron chi connectivity index (χ1n) is 13.3. The fraction of sp³-hybridized carbons (Fsp3) is 0.387. The van der Waals surface area contributed by atoms with Gasteiger partial charge < -0.3 is 34.5 Å². The molecule has 42 heavy (non-hydrogen) atoms. The molecule has 1 fully saturated rings. The number of nitrogens with one attached hydrogen (secondary N) is 1. The highest BCUT2D eigenvalue weighted by Gasteiger charge is 2.50. The number of aliphatic hydroxyl groups is 2. The monoisotopic (exact) mass is 589 g/mol. The third kappa shape index (κ3) is 7.04. The van der Waals surface area contributed by atoms with Gasteiger partial charge in [-0.15, -0.1) is 0 Å². The largest absolute Gasteiger partial charge is 0.497 e. The Morgan fingerprint density at radius 3 is 2.31 bits per heavy atom. The van der Waals surface area contributed by atoms with Crippen molar-refractivity contribution in [2.24, 2.45) is 0 Å². The molecule has 0 spiro atoms. The molecule has 0 aliphatic carbocycles. The third-order valence-electron chi connectivity index (χ3n) is 7.16. The fourth-order valence-electron chi connectivity index (χ4n) is 4.97. The highest BCUT2D eigenvalue weighted by Crippen LogP contribution is 2.36. The fourth-order valence-corrected chi connectivity index (χ4v) is 4.97. The Bertz CT molecular complexity index is 1380. The van der Waals surface area contributed by atoms with Crippen LogP contribution in [0.25, 0.3) is 11.1 Å². The van der Waals surface area contributed by atoms with E-state index in [9.17, 15) is 28.2 Å². The Morgan fingerprint density at radius 1 is 0.976 bits per heavy atom. The first kappa shape index (κ1) is 31.3. The number of carbonyl (C=O) groups excluding carboxylic acids is 1. The first-order valence-corrected chi connectivity index (χ1v) is 13.3. The van der Waals surface area contributed by atoms with E-state index in [0.717, 1.165) is 12.1 Å². The van der Waals surface area contributed by atoms with Crippen LogP contribution in [0.2, 0.25) is 0 Å². The second kappa shape index (κ2) is 12.7. The number of halogens is 3. The minimum atomic E-state index is -4.55. The standard InChI is InChI=1S/C31H34F3NO7/c1-30(2)27(40-4)25(36)26(37)29(42-30)41-23-13-8-18(14-15-35-28(38)19-9-11-22(39-3)12-10-19)24(17-23)20-6-5-7-21(16-20)31(32,33)34/h5-13,16-17,25-27,29,36-37H,14-15H2,1-4H3,(H,35,38)/t25-,26+,27+,29+/m0/s1. The smallest absolute Gasteiger partial charge is 0.416 e. The summed E-state index contributed by atoms with van der Waals surface area (Å²) >= 11 is 0. The molecule has 11 heteroatoms. The summed E-state index contributed by atoms with van der Waals surface area (Å²) in [4.78, 5) is 12.6. The van der Waals surface area contributed by atoms with E-state index in [1.807, 2.05) is 0 Å². The van der Waals surface area contributed by atoms with Gasteiger partial charge in [0.2, 0.25) is 6.29 Å². The van der Waals surface area contributed by atoms with E-state index < -0.39 is 41.9 Å². The van der Waals surface area contributed by atoms with Crippen molar-refractivity contribution >= 4 is 5.91 Å². The van der Waals surface area contributed by atoms with Crippen LogP contribution in [0, 0.1) is 0 Å². The zero-order valence-corrected chi connectivity index (χ0v) is 23.6. The molecule has 226 valence electrons. The summed E-state index contributed by atoms with van der Waals surface area (Å²) in [6, 6.07) is 16.3. The minimum absolute atomic E-state index is 0.205. The highest BCUT2D eigenvalue weighted by atomic mass is 19.4. The van der Waals surface area contributed by atoms with Crippen LogP contribution in [-0.4, -0.2) is 67.1 Å². The molecule has 1 saturated heterocycles. The molecule has 0 saturated carbocycles. The van der Waals surface area contributed by atoms with Gasteiger partial charge in [-0.1, -0.05) is 18.2 Å². The number of amides is 1. The molecular weight excluding hydrogens is 555 g/mol. The van der Waals surface area contributed by atoms with Gasteiger partial charge in [-0.05, 0) is 85.5 Å². The van der Waals surface area contributed by atoms with Crippen LogP contribution in [-0.2, 0) is 22.1 Å². The molecule has 0 aromatic heterocycles. The second-order valence-electron chi connectivity index (χ2n) is 10.5. The Labute approximate surface area is 242 Å². The molecule has 4 rings (SSSR count). The summed E-state index contributed by atoms with van der Waals surface area (Å²) in [5.41, 5.74) is -0.00386. The van der Waals surface area contributed by atoms with Crippen molar-refractivity contribution in [3.63, 3.8) is 0 Å². The molecule has 1 heterocycles. The van der Waals surface area contributed by atoms with Crippen LogP contribution in [0.3, 0.4) is 0 Å². The van der Waals surface area contributed by atoms with E-state index in [2.05, 4.69) is 5.32 Å². The van der Waals surface area contributed by atoms with Gasteiger partial charge in [0.1, 0.15) is 29.8 Å². The minimum Gasteiger partial charge on any atom is -0.497 e. The predicted molar refractivity (Wildman–Crippen MR) is 148 cm³/mol. The van der Waals surface area contributed by atoms with Crippen molar-refractivity contribution in [2.45, 2.75) is 56.6 Å². The maximum Gasteiger partial charge on any atom is 0.416 e. The van der Waals surface area contributed by atoms with E-state index in [-0.39, 0.29) is 23.8 Å². The molecule has 3 aromatic carbocycles. The molecular formula is C31H34F3NO7. The Balaban J connectivity index is 1.59. The van der Waals surface area contributed by atoms with Crippen molar-refractivity contribution in [3.05, 3.63) is 83.4 Å². The van der Waals surface area contributed by atoms with E-state index >= 15 is 0 Å². The van der Waals surface area contributed by atoms with E-state index in [4.69, 9.17) is 18.9 Å². The second-order valence-corrected chi connectivity index (χ2v) is 10.5. The number of benzene rings is 3. The lowest BCUT2D eigenvalue weighted by Gasteiger charge is -2.46. The third-order valence-corrected chi connectivity index (χ3v) is 7.16. The average molecular weight is 590 g/mol. The molecule has 1 aliphatic rings. The lowest BCUT2D eigenvalue weighted by Crippen LogP contribution is -2.63. The number of methoxy groups -OCH3 is 2. The number of carbonyl (C=O) groups is 1. The number of aliphatic hydroxyl groups excluding tert-OH is 2. The van der Waals surface area contributed by atoms with Crippen LogP contribution in [0.15, 0.2) is 66.7 Å². The lowest BCUT2D eigenvalue weighted by atomic mass is 9.89. The van der Waals surface area contributed by atoms with Crippen molar-refractivity contribution in [2.75, 3.05) is 20.8 Å². The van der Waals surface area contributed by atoms with Crippen molar-refractivity contribution in [3.8, 4) is 22.6 Å². The summed E-state index contributed by atoms with van der Waals surface area (Å²) in [6.07, 6.45) is -9.09. The van der Waals surface area contributed by atoms with Crippen LogP contribution in [0.4, 0.5) is 13.2 Å². The summed E-state index contributed by atoms with van der Waals surface area (Å²) in [5.74, 6) is 0.510. The Hall–Kier alpha value is -3.64. The van der Waals surface area contributed by atoms with Crippen molar-refractivity contribution < 1.29 is 47.1 Å². The van der Waals surface area contributed by atoms with Crippen LogP contribution in [0.1, 0.15) is 35.3 Å². The summed E-state index contributed by atoms with van der Waals surface area (Å²) in [5, 5.41) is 24.0. The molecule has 0 unspecified atom stereocenters. The molecule has 0 radical (unpaired) electrons. The molecule has 1 amide bonds. The zero-order valence-electron chi connectivity index (χ0n) is 23.6. The molecule has 8 nitrogen and oxygen atoms in total. The van der Waals surface area contributed by atoms with Gasteiger partial charge >= 0.3 is 6.18 Å². The zero-order chi connectivity index (χ0) is 30.7. The topological polar surface area (TPSA) is 106 Å². The van der Waals surface area contributed by atoms with Gasteiger partial charge in [-0.2, -0.15) is 13.2 Å². The van der Waals surface area contributed by atoms with Crippen molar-refractivity contribution in [1.82, 2.24) is 5.32 Å². The number of alkyl halides is 3. The van der Waals surface area contributed by atoms with Gasteiger partial charge in [0.25, 0.3) is 5.91 Å². The Morgan fingerprint density at radius 2 is 1.67 bits per heavy atom. The molecule has 3 aromatic rings. The Kier molecular flexibility index (Phi) is 9.47. The van der Waals surface area contributed by atoms with Gasteiger partial charge in [0.05, 0.1) is 18.3 Å². The molecule has 0 bridgehead atoms. The first-order chi connectivity index (χ1) is 19.8.